The van der Waals surface area contributed by atoms with E-state index in [-0.39, 0.29) is 6.08 Å². The van der Waals surface area contributed by atoms with Crippen molar-refractivity contribution in [3.8, 4) is 11.8 Å². The van der Waals surface area contributed by atoms with Crippen LogP contribution in [0.1, 0.15) is 25.0 Å². The second kappa shape index (κ2) is 7.82. The fourth-order valence-electron chi connectivity index (χ4n) is 3.42. The number of fused-ring (bicyclic) bond motifs is 1. The number of methoxy groups -OCH3 is 1. The van der Waals surface area contributed by atoms with Crippen molar-refractivity contribution in [3.05, 3.63) is 36.0 Å². The Morgan fingerprint density at radius 3 is 2.74 bits per heavy atom. The van der Waals surface area contributed by atoms with Crippen LogP contribution in [0.25, 0.3) is 11.1 Å². The first-order chi connectivity index (χ1) is 13.2. The Bertz CT molecular complexity index is 886. The highest BCUT2D eigenvalue weighted by Crippen LogP contribution is 2.26. The molecule has 3 heterocycles. The maximum atomic E-state index is 5.92. The highest BCUT2D eigenvalue weighted by Gasteiger charge is 2.20. The Balaban J connectivity index is 1.25. The van der Waals surface area contributed by atoms with E-state index in [2.05, 4.69) is 26.1 Å². The molecule has 142 valence electrons. The first-order valence-corrected chi connectivity index (χ1v) is 9.34. The van der Waals surface area contributed by atoms with E-state index in [9.17, 15) is 0 Å². The number of piperidine rings is 1. The molecular formula is C20H24N4O3. The average Bonchev–Trinajstić information content (AvgIpc) is 3.12. The standard InChI is InChI=1S/C20H24N4O3/c1-14-3-6-19(23-22-14)24-10-7-15(8-11-24)9-12-26-16-4-5-17-18(13-16)27-20(21-17)25-2/h3-6,13,15H,7-12H2,1-2H3. The number of hydrogen-bond donors (Lipinski definition) is 0. The lowest BCUT2D eigenvalue weighted by molar-refractivity contribution is 0.258. The molecule has 0 atom stereocenters. The van der Waals surface area contributed by atoms with Crippen LogP contribution in [0.15, 0.2) is 34.7 Å². The Kier molecular flexibility index (Phi) is 5.09. The van der Waals surface area contributed by atoms with Crippen LogP contribution in [0.3, 0.4) is 0 Å². The molecule has 0 aliphatic carbocycles. The molecule has 0 unspecified atom stereocenters. The maximum Gasteiger partial charge on any atom is 0.394 e. The molecule has 4 rings (SSSR count). The van der Waals surface area contributed by atoms with Gasteiger partial charge in [0.2, 0.25) is 0 Å². The quantitative estimate of drug-likeness (QED) is 0.658. The summed E-state index contributed by atoms with van der Waals surface area (Å²) in [5.74, 6) is 2.45. The second-order valence-electron chi connectivity index (χ2n) is 6.91. The van der Waals surface area contributed by atoms with E-state index >= 15 is 0 Å². The van der Waals surface area contributed by atoms with Gasteiger partial charge in [0.25, 0.3) is 0 Å². The summed E-state index contributed by atoms with van der Waals surface area (Å²) < 4.78 is 16.4. The van der Waals surface area contributed by atoms with Crippen LogP contribution in [0.5, 0.6) is 11.8 Å². The fraction of sp³-hybridized carbons (Fsp3) is 0.450. The normalized spacial score (nSPS) is 15.3. The Morgan fingerprint density at radius 2 is 2.00 bits per heavy atom. The molecule has 0 radical (unpaired) electrons. The molecule has 0 bridgehead atoms. The summed E-state index contributed by atoms with van der Waals surface area (Å²) in [5, 5.41) is 8.44. The number of aromatic nitrogens is 3. The van der Waals surface area contributed by atoms with Crippen LogP contribution < -0.4 is 14.4 Å². The minimum atomic E-state index is 0.271. The van der Waals surface area contributed by atoms with Crippen LogP contribution in [0.2, 0.25) is 0 Å². The van der Waals surface area contributed by atoms with Crippen molar-refractivity contribution in [2.24, 2.45) is 5.92 Å². The van der Waals surface area contributed by atoms with E-state index in [0.29, 0.717) is 18.1 Å². The molecular weight excluding hydrogens is 344 g/mol. The van der Waals surface area contributed by atoms with E-state index in [1.807, 2.05) is 31.2 Å². The van der Waals surface area contributed by atoms with Gasteiger partial charge < -0.3 is 18.8 Å². The number of rotatable bonds is 6. The van der Waals surface area contributed by atoms with Crippen molar-refractivity contribution < 1.29 is 13.9 Å². The molecule has 1 saturated heterocycles. The molecule has 1 aromatic carbocycles. The first-order valence-electron chi connectivity index (χ1n) is 9.34. The van der Waals surface area contributed by atoms with Crippen LogP contribution in [-0.2, 0) is 0 Å². The molecule has 7 heteroatoms. The lowest BCUT2D eigenvalue weighted by Gasteiger charge is -2.32. The minimum Gasteiger partial charge on any atom is -0.493 e. The maximum absolute atomic E-state index is 5.92. The van der Waals surface area contributed by atoms with Crippen molar-refractivity contribution in [1.82, 2.24) is 15.2 Å². The summed E-state index contributed by atoms with van der Waals surface area (Å²) in [4.78, 5) is 6.52. The van der Waals surface area contributed by atoms with E-state index < -0.39 is 0 Å². The van der Waals surface area contributed by atoms with Gasteiger partial charge in [-0.05, 0) is 56.4 Å². The van der Waals surface area contributed by atoms with Gasteiger partial charge in [0.15, 0.2) is 11.4 Å². The topological polar surface area (TPSA) is 73.5 Å². The molecule has 2 aromatic heterocycles. The second-order valence-corrected chi connectivity index (χ2v) is 6.91. The van der Waals surface area contributed by atoms with E-state index in [1.54, 1.807) is 7.11 Å². The zero-order valence-electron chi connectivity index (χ0n) is 15.7. The van der Waals surface area contributed by atoms with Crippen molar-refractivity contribution in [2.45, 2.75) is 26.2 Å². The van der Waals surface area contributed by atoms with Gasteiger partial charge in [0.05, 0.1) is 19.4 Å². The predicted octanol–water partition coefficient (Wildman–Crippen LogP) is 3.62. The third-order valence-electron chi connectivity index (χ3n) is 5.03. The van der Waals surface area contributed by atoms with Crippen LogP contribution in [0.4, 0.5) is 5.82 Å². The number of anilines is 1. The largest absolute Gasteiger partial charge is 0.493 e. The number of benzene rings is 1. The zero-order valence-corrected chi connectivity index (χ0v) is 15.7. The molecule has 0 saturated carbocycles. The molecule has 7 nitrogen and oxygen atoms in total. The van der Waals surface area contributed by atoms with Crippen LogP contribution in [-0.4, -0.2) is 42.0 Å². The predicted molar refractivity (Wildman–Crippen MR) is 102 cm³/mol. The monoisotopic (exact) mass is 368 g/mol. The fourth-order valence-corrected chi connectivity index (χ4v) is 3.42. The number of aryl methyl sites for hydroxylation is 1. The van der Waals surface area contributed by atoms with Crippen molar-refractivity contribution >= 4 is 16.9 Å². The molecule has 1 fully saturated rings. The van der Waals surface area contributed by atoms with E-state index in [4.69, 9.17) is 13.9 Å². The summed E-state index contributed by atoms with van der Waals surface area (Å²) in [6, 6.07) is 9.74. The van der Waals surface area contributed by atoms with Crippen molar-refractivity contribution in [1.29, 1.82) is 0 Å². The molecule has 3 aromatic rings. The number of ether oxygens (including phenoxy) is 2. The molecule has 0 amide bonds. The summed E-state index contributed by atoms with van der Waals surface area (Å²) in [6.07, 6.45) is 3.62. The summed E-state index contributed by atoms with van der Waals surface area (Å²) in [7, 11) is 1.54. The summed E-state index contributed by atoms with van der Waals surface area (Å²) in [5.41, 5.74) is 2.40. The Hall–Kier alpha value is -2.83. The molecule has 27 heavy (non-hydrogen) atoms. The molecule has 1 aliphatic rings. The molecule has 0 spiro atoms. The minimum absolute atomic E-state index is 0.271. The average molecular weight is 368 g/mol. The zero-order chi connectivity index (χ0) is 18.6. The van der Waals surface area contributed by atoms with Gasteiger partial charge in [-0.25, -0.2) is 0 Å². The summed E-state index contributed by atoms with van der Waals surface area (Å²) >= 11 is 0. The van der Waals surface area contributed by atoms with E-state index in [0.717, 1.165) is 55.1 Å². The van der Waals surface area contributed by atoms with Gasteiger partial charge in [0, 0.05) is 19.2 Å². The number of nitrogens with zero attached hydrogens (tertiary/aromatic N) is 4. The molecule has 1 aliphatic heterocycles. The number of oxazole rings is 1. The summed E-state index contributed by atoms with van der Waals surface area (Å²) in [6.45, 7) is 4.70. The highest BCUT2D eigenvalue weighted by atomic mass is 16.6. The first kappa shape index (κ1) is 17.6. The van der Waals surface area contributed by atoms with Gasteiger partial charge in [-0.2, -0.15) is 10.1 Å². The Morgan fingerprint density at radius 1 is 1.15 bits per heavy atom. The van der Waals surface area contributed by atoms with Gasteiger partial charge in [-0.3, -0.25) is 0 Å². The van der Waals surface area contributed by atoms with Gasteiger partial charge in [-0.15, -0.1) is 5.10 Å². The third kappa shape index (κ3) is 4.13. The van der Waals surface area contributed by atoms with Gasteiger partial charge >= 0.3 is 6.08 Å². The van der Waals surface area contributed by atoms with Crippen molar-refractivity contribution in [3.63, 3.8) is 0 Å². The molecule has 0 N–H and O–H groups in total. The highest BCUT2D eigenvalue weighted by molar-refractivity contribution is 5.74. The van der Waals surface area contributed by atoms with Crippen LogP contribution in [0, 0.1) is 12.8 Å². The van der Waals surface area contributed by atoms with Crippen LogP contribution >= 0.6 is 0 Å². The SMILES string of the molecule is COc1nc2ccc(OCCC3CCN(c4ccc(C)nn4)CC3)cc2o1. The lowest BCUT2D eigenvalue weighted by atomic mass is 9.94. The smallest absolute Gasteiger partial charge is 0.394 e. The third-order valence-corrected chi connectivity index (χ3v) is 5.03. The number of hydrogen-bond acceptors (Lipinski definition) is 7. The van der Waals surface area contributed by atoms with E-state index in [1.165, 1.54) is 0 Å². The van der Waals surface area contributed by atoms with Crippen molar-refractivity contribution in [2.75, 3.05) is 31.7 Å². The Labute approximate surface area is 158 Å². The van der Waals surface area contributed by atoms with Gasteiger partial charge in [0.1, 0.15) is 11.3 Å². The van der Waals surface area contributed by atoms with Gasteiger partial charge in [-0.1, -0.05) is 0 Å². The lowest BCUT2D eigenvalue weighted by Crippen LogP contribution is -2.34.